The Labute approximate surface area is 148 Å². The molecular weight excluding hydrogens is 344 g/mol. The van der Waals surface area contributed by atoms with Crippen molar-refractivity contribution < 1.29 is 13.6 Å². The van der Waals surface area contributed by atoms with Gasteiger partial charge in [0, 0.05) is 30.1 Å². The number of thioether (sulfide) groups is 1. The molecule has 1 aliphatic rings. The van der Waals surface area contributed by atoms with Gasteiger partial charge in [-0.3, -0.25) is 4.79 Å². The van der Waals surface area contributed by atoms with E-state index in [1.54, 1.807) is 0 Å². The first-order valence-electron chi connectivity index (χ1n) is 7.43. The van der Waals surface area contributed by atoms with Crippen LogP contribution in [0.15, 0.2) is 54.0 Å². The molecular formula is C18H15F2N3OS. The molecule has 3 rings (SSSR count). The van der Waals surface area contributed by atoms with Gasteiger partial charge in [0.25, 0.3) is 0 Å². The molecule has 2 aromatic carbocycles. The topological polar surface area (TPSA) is 44.7 Å². The first-order chi connectivity index (χ1) is 11.9. The Bertz CT molecular complexity index is 862. The summed E-state index contributed by atoms with van der Waals surface area (Å²) >= 11 is 1.22. The maximum absolute atomic E-state index is 13.2. The molecule has 0 bridgehead atoms. The molecule has 4 nitrogen and oxygen atoms in total. The van der Waals surface area contributed by atoms with Crippen molar-refractivity contribution in [2.45, 2.75) is 0 Å². The van der Waals surface area contributed by atoms with E-state index in [1.165, 1.54) is 11.8 Å². The van der Waals surface area contributed by atoms with E-state index >= 15 is 0 Å². The van der Waals surface area contributed by atoms with Crippen molar-refractivity contribution in [3.63, 3.8) is 0 Å². The Hall–Kier alpha value is -2.67. The van der Waals surface area contributed by atoms with E-state index in [1.807, 2.05) is 36.2 Å². The van der Waals surface area contributed by atoms with Gasteiger partial charge in [0.15, 0.2) is 5.17 Å². The second-order valence-corrected chi connectivity index (χ2v) is 6.35. The minimum absolute atomic E-state index is 0.0523. The van der Waals surface area contributed by atoms with Gasteiger partial charge in [0.2, 0.25) is 5.91 Å². The van der Waals surface area contributed by atoms with Crippen molar-refractivity contribution in [3.05, 3.63) is 66.2 Å². The zero-order valence-corrected chi connectivity index (χ0v) is 14.2. The normalized spacial score (nSPS) is 13.3. The molecule has 2 aromatic rings. The summed E-state index contributed by atoms with van der Waals surface area (Å²) in [5.41, 5.74) is 2.60. The number of nitrogens with zero attached hydrogens (tertiary/aromatic N) is 2. The number of halogens is 2. The molecule has 0 fully saturated rings. The summed E-state index contributed by atoms with van der Waals surface area (Å²) in [5.74, 6) is -1.81. The van der Waals surface area contributed by atoms with Crippen LogP contribution in [-0.4, -0.2) is 28.8 Å². The SMILES string of the molecule is C=C1c2ccccc2N=C(SCC(=O)Nc2cc(F)cc(F)c2)N1C. The zero-order chi connectivity index (χ0) is 18.0. The van der Waals surface area contributed by atoms with Crippen LogP contribution in [0.3, 0.4) is 0 Å². The van der Waals surface area contributed by atoms with Gasteiger partial charge < -0.3 is 10.2 Å². The largest absolute Gasteiger partial charge is 0.325 e. The van der Waals surface area contributed by atoms with Gasteiger partial charge in [0.05, 0.1) is 11.4 Å². The smallest absolute Gasteiger partial charge is 0.234 e. The van der Waals surface area contributed by atoms with Gasteiger partial charge in [-0.1, -0.05) is 36.5 Å². The van der Waals surface area contributed by atoms with Gasteiger partial charge >= 0.3 is 0 Å². The lowest BCUT2D eigenvalue weighted by Gasteiger charge is -2.28. The van der Waals surface area contributed by atoms with Crippen LogP contribution in [0.1, 0.15) is 5.56 Å². The van der Waals surface area contributed by atoms with E-state index in [0.717, 1.165) is 35.1 Å². The number of carbonyl (C=O) groups excluding carboxylic acids is 1. The fourth-order valence-electron chi connectivity index (χ4n) is 2.37. The van der Waals surface area contributed by atoms with Crippen molar-refractivity contribution in [3.8, 4) is 0 Å². The average molecular weight is 359 g/mol. The molecule has 1 N–H and O–H groups in total. The molecule has 0 saturated heterocycles. The molecule has 0 atom stereocenters. The maximum atomic E-state index is 13.2. The molecule has 128 valence electrons. The molecule has 0 aliphatic carbocycles. The fourth-order valence-corrected chi connectivity index (χ4v) is 3.17. The second kappa shape index (κ2) is 7.06. The van der Waals surface area contributed by atoms with Gasteiger partial charge in [0.1, 0.15) is 11.6 Å². The summed E-state index contributed by atoms with van der Waals surface area (Å²) in [6.07, 6.45) is 0. The van der Waals surface area contributed by atoms with Gasteiger partial charge in [-0.2, -0.15) is 0 Å². The number of fused-ring (bicyclic) bond motifs is 1. The van der Waals surface area contributed by atoms with Gasteiger partial charge in [-0.25, -0.2) is 13.8 Å². The van der Waals surface area contributed by atoms with Crippen LogP contribution in [-0.2, 0) is 4.79 Å². The first kappa shape index (κ1) is 17.2. The summed E-state index contributed by atoms with van der Waals surface area (Å²) in [5, 5.41) is 3.10. The number of amides is 1. The lowest BCUT2D eigenvalue weighted by atomic mass is 10.1. The lowest BCUT2D eigenvalue weighted by Crippen LogP contribution is -2.26. The van der Waals surface area contributed by atoms with Crippen LogP contribution in [0.2, 0.25) is 0 Å². The van der Waals surface area contributed by atoms with Crippen molar-refractivity contribution in [2.24, 2.45) is 4.99 Å². The molecule has 0 aromatic heterocycles. The van der Waals surface area contributed by atoms with E-state index in [2.05, 4.69) is 16.9 Å². The first-order valence-corrected chi connectivity index (χ1v) is 8.42. The van der Waals surface area contributed by atoms with Crippen LogP contribution in [0.5, 0.6) is 0 Å². The summed E-state index contributed by atoms with van der Waals surface area (Å²) in [4.78, 5) is 18.4. The number of hydrogen-bond acceptors (Lipinski definition) is 4. The predicted octanol–water partition coefficient (Wildman–Crippen LogP) is 4.24. The number of aliphatic imine (C=N–C) groups is 1. The quantitative estimate of drug-likeness (QED) is 0.891. The van der Waals surface area contributed by atoms with E-state index in [0.29, 0.717) is 5.17 Å². The van der Waals surface area contributed by atoms with Crippen LogP contribution in [0.4, 0.5) is 20.2 Å². The average Bonchev–Trinajstić information content (AvgIpc) is 2.56. The maximum Gasteiger partial charge on any atom is 0.234 e. The highest BCUT2D eigenvalue weighted by atomic mass is 32.2. The van der Waals surface area contributed by atoms with Crippen molar-refractivity contribution in [2.75, 3.05) is 18.1 Å². The van der Waals surface area contributed by atoms with E-state index in [9.17, 15) is 13.6 Å². The number of para-hydroxylation sites is 1. The summed E-state index contributed by atoms with van der Waals surface area (Å²) < 4.78 is 26.3. The number of hydrogen-bond donors (Lipinski definition) is 1. The highest BCUT2D eigenvalue weighted by Gasteiger charge is 2.21. The van der Waals surface area contributed by atoms with Crippen LogP contribution in [0.25, 0.3) is 5.70 Å². The predicted molar refractivity (Wildman–Crippen MR) is 97.8 cm³/mol. The number of carbonyl (C=O) groups is 1. The second-order valence-electron chi connectivity index (χ2n) is 5.41. The third kappa shape index (κ3) is 3.88. The minimum Gasteiger partial charge on any atom is -0.325 e. The Kier molecular flexibility index (Phi) is 4.85. The van der Waals surface area contributed by atoms with Gasteiger partial charge in [-0.05, 0) is 18.2 Å². The third-order valence-corrected chi connectivity index (χ3v) is 4.63. The number of benzene rings is 2. The lowest BCUT2D eigenvalue weighted by molar-refractivity contribution is -0.113. The third-order valence-electron chi connectivity index (χ3n) is 3.60. The number of amidine groups is 1. The number of anilines is 1. The molecule has 1 aliphatic heterocycles. The zero-order valence-electron chi connectivity index (χ0n) is 13.4. The van der Waals surface area contributed by atoms with Crippen LogP contribution >= 0.6 is 11.8 Å². The molecule has 0 radical (unpaired) electrons. The van der Waals surface area contributed by atoms with E-state index in [-0.39, 0.29) is 17.3 Å². The van der Waals surface area contributed by atoms with E-state index < -0.39 is 11.6 Å². The van der Waals surface area contributed by atoms with E-state index in [4.69, 9.17) is 0 Å². The Morgan fingerprint density at radius 1 is 1.24 bits per heavy atom. The fraction of sp³-hybridized carbons (Fsp3) is 0.111. The standard InChI is InChI=1S/C18H15F2N3OS/c1-11-15-5-3-4-6-16(15)22-18(23(11)2)25-10-17(24)21-14-8-12(19)7-13(20)9-14/h3-9H,1,10H2,2H3,(H,21,24). The molecule has 0 saturated carbocycles. The molecule has 1 heterocycles. The molecule has 0 unspecified atom stereocenters. The van der Waals surface area contributed by atoms with Crippen LogP contribution in [0, 0.1) is 11.6 Å². The molecule has 1 amide bonds. The molecule has 7 heteroatoms. The monoisotopic (exact) mass is 359 g/mol. The summed E-state index contributed by atoms with van der Waals surface area (Å²) in [6, 6.07) is 10.5. The number of rotatable bonds is 3. The van der Waals surface area contributed by atoms with Gasteiger partial charge in [-0.15, -0.1) is 0 Å². The highest BCUT2D eigenvalue weighted by Crippen LogP contribution is 2.34. The Morgan fingerprint density at radius 2 is 1.92 bits per heavy atom. The molecule has 0 spiro atoms. The highest BCUT2D eigenvalue weighted by molar-refractivity contribution is 8.14. The number of nitrogens with one attached hydrogen (secondary N) is 1. The van der Waals surface area contributed by atoms with Crippen molar-refractivity contribution >= 4 is 39.9 Å². The van der Waals surface area contributed by atoms with Crippen molar-refractivity contribution in [1.82, 2.24) is 4.90 Å². The Morgan fingerprint density at radius 3 is 2.64 bits per heavy atom. The summed E-state index contributed by atoms with van der Waals surface area (Å²) in [6.45, 7) is 4.05. The van der Waals surface area contributed by atoms with Crippen molar-refractivity contribution in [1.29, 1.82) is 0 Å². The Balaban J connectivity index is 1.68. The van der Waals surface area contributed by atoms with Crippen LogP contribution < -0.4 is 5.32 Å². The summed E-state index contributed by atoms with van der Waals surface area (Å²) in [7, 11) is 1.82. The molecule has 25 heavy (non-hydrogen) atoms. The minimum atomic E-state index is -0.743.